The fourth-order valence-electron chi connectivity index (χ4n) is 2.12. The molecule has 20 heavy (non-hydrogen) atoms. The second kappa shape index (κ2) is 4.44. The summed E-state index contributed by atoms with van der Waals surface area (Å²) in [4.78, 5) is 11.0. The predicted molar refractivity (Wildman–Crippen MR) is 68.3 cm³/mol. The van der Waals surface area contributed by atoms with Gasteiger partial charge in [0.1, 0.15) is 0 Å². The zero-order valence-electron chi connectivity index (χ0n) is 10.9. The van der Waals surface area contributed by atoms with Gasteiger partial charge in [-0.1, -0.05) is 0 Å². The Hall–Kier alpha value is -2.70. The van der Waals surface area contributed by atoms with Gasteiger partial charge in [0, 0.05) is 12.6 Å². The first kappa shape index (κ1) is 12.3. The Kier molecular flexibility index (Phi) is 2.74. The van der Waals surface area contributed by atoms with Gasteiger partial charge in [-0.2, -0.15) is 5.10 Å². The summed E-state index contributed by atoms with van der Waals surface area (Å²) in [7, 11) is 3.21. The fourth-order valence-corrected chi connectivity index (χ4v) is 2.12. The van der Waals surface area contributed by atoms with Crippen molar-refractivity contribution in [3.05, 3.63) is 23.9 Å². The van der Waals surface area contributed by atoms with Crippen LogP contribution in [0.15, 0.2) is 18.2 Å². The smallest absolute Gasteiger partial charge is 0.356 e. The van der Waals surface area contributed by atoms with Gasteiger partial charge >= 0.3 is 5.97 Å². The van der Waals surface area contributed by atoms with Crippen LogP contribution in [-0.4, -0.2) is 34.8 Å². The van der Waals surface area contributed by atoms with Crippen LogP contribution in [0.1, 0.15) is 10.5 Å². The molecule has 7 nitrogen and oxygen atoms in total. The van der Waals surface area contributed by atoms with E-state index in [1.54, 1.807) is 19.2 Å². The van der Waals surface area contributed by atoms with Crippen molar-refractivity contribution >= 4 is 5.97 Å². The number of carboxylic acid groups (broad SMARTS) is 1. The van der Waals surface area contributed by atoms with Crippen molar-refractivity contribution in [1.82, 2.24) is 9.78 Å². The van der Waals surface area contributed by atoms with Crippen molar-refractivity contribution in [2.75, 3.05) is 13.9 Å². The fraction of sp³-hybridized carbons (Fsp3) is 0.231. The molecule has 0 fully saturated rings. The number of aromatic carboxylic acids is 1. The van der Waals surface area contributed by atoms with Crippen LogP contribution in [0.2, 0.25) is 0 Å². The van der Waals surface area contributed by atoms with Gasteiger partial charge in [0.05, 0.1) is 12.8 Å². The molecule has 1 aromatic heterocycles. The number of methoxy groups -OCH3 is 1. The summed E-state index contributed by atoms with van der Waals surface area (Å²) in [6, 6.07) is 5.03. The number of rotatable bonds is 3. The number of nitrogens with zero attached hydrogens (tertiary/aromatic N) is 2. The van der Waals surface area contributed by atoms with Gasteiger partial charge in [-0.25, -0.2) is 4.79 Å². The largest absolute Gasteiger partial charge is 0.493 e. The normalized spacial score (nSPS) is 12.5. The van der Waals surface area contributed by atoms with Crippen LogP contribution in [0.25, 0.3) is 11.3 Å². The van der Waals surface area contributed by atoms with Crippen LogP contribution >= 0.6 is 0 Å². The van der Waals surface area contributed by atoms with Crippen LogP contribution in [0, 0.1) is 0 Å². The van der Waals surface area contributed by atoms with Gasteiger partial charge in [0.2, 0.25) is 12.5 Å². The minimum Gasteiger partial charge on any atom is -0.493 e. The third-order valence-electron chi connectivity index (χ3n) is 3.05. The molecule has 0 bridgehead atoms. The van der Waals surface area contributed by atoms with Crippen LogP contribution < -0.4 is 14.2 Å². The average molecular weight is 276 g/mol. The van der Waals surface area contributed by atoms with E-state index in [4.69, 9.17) is 19.3 Å². The van der Waals surface area contributed by atoms with E-state index < -0.39 is 5.97 Å². The standard InChI is InChI=1S/C13H12N2O5/c1-15-9(5-8(14-15)13(16)17)7-3-10(18-2)12-11(4-7)19-6-20-12/h3-5H,6H2,1-2H3,(H,16,17). The molecule has 0 saturated heterocycles. The number of aryl methyl sites for hydroxylation is 1. The van der Waals surface area contributed by atoms with Crippen molar-refractivity contribution in [3.63, 3.8) is 0 Å². The van der Waals surface area contributed by atoms with Gasteiger partial charge in [0.15, 0.2) is 17.2 Å². The first-order valence-corrected chi connectivity index (χ1v) is 5.85. The van der Waals surface area contributed by atoms with Crippen molar-refractivity contribution in [2.45, 2.75) is 0 Å². The van der Waals surface area contributed by atoms with Gasteiger partial charge in [-0.05, 0) is 18.2 Å². The molecule has 2 aromatic rings. The molecule has 104 valence electrons. The number of carboxylic acids is 1. The number of hydrogen-bond donors (Lipinski definition) is 1. The molecule has 1 aliphatic rings. The van der Waals surface area contributed by atoms with Crippen LogP contribution in [0.4, 0.5) is 0 Å². The summed E-state index contributed by atoms with van der Waals surface area (Å²) in [5.41, 5.74) is 1.38. The maximum atomic E-state index is 11.0. The van der Waals surface area contributed by atoms with E-state index in [0.29, 0.717) is 22.9 Å². The third-order valence-corrected chi connectivity index (χ3v) is 3.05. The Morgan fingerprint density at radius 1 is 1.40 bits per heavy atom. The van der Waals surface area contributed by atoms with E-state index in [2.05, 4.69) is 5.10 Å². The van der Waals surface area contributed by atoms with E-state index in [9.17, 15) is 4.79 Å². The number of hydrogen-bond acceptors (Lipinski definition) is 5. The van der Waals surface area contributed by atoms with Crippen LogP contribution in [0.5, 0.6) is 17.2 Å². The highest BCUT2D eigenvalue weighted by Gasteiger charge is 2.22. The molecule has 2 heterocycles. The highest BCUT2D eigenvalue weighted by atomic mass is 16.7. The van der Waals surface area contributed by atoms with Crippen molar-refractivity contribution in [3.8, 4) is 28.5 Å². The Labute approximate surface area is 114 Å². The van der Waals surface area contributed by atoms with E-state index in [0.717, 1.165) is 5.56 Å². The molecule has 0 spiro atoms. The monoisotopic (exact) mass is 276 g/mol. The maximum Gasteiger partial charge on any atom is 0.356 e. The summed E-state index contributed by atoms with van der Waals surface area (Å²) < 4.78 is 17.4. The predicted octanol–water partition coefficient (Wildman–Crippen LogP) is 1.52. The topological polar surface area (TPSA) is 82.8 Å². The quantitative estimate of drug-likeness (QED) is 0.915. The lowest BCUT2D eigenvalue weighted by Gasteiger charge is -2.08. The van der Waals surface area contributed by atoms with Gasteiger partial charge in [-0.3, -0.25) is 4.68 Å². The zero-order chi connectivity index (χ0) is 14.3. The summed E-state index contributed by atoms with van der Waals surface area (Å²) in [5, 5.41) is 12.9. The Morgan fingerprint density at radius 2 is 2.20 bits per heavy atom. The number of benzene rings is 1. The molecule has 0 atom stereocenters. The highest BCUT2D eigenvalue weighted by molar-refractivity contribution is 5.87. The van der Waals surface area contributed by atoms with Gasteiger partial charge < -0.3 is 19.3 Å². The first-order valence-electron chi connectivity index (χ1n) is 5.85. The van der Waals surface area contributed by atoms with E-state index in [1.807, 2.05) is 0 Å². The second-order valence-corrected chi connectivity index (χ2v) is 4.26. The Morgan fingerprint density at radius 3 is 2.85 bits per heavy atom. The van der Waals surface area contributed by atoms with Crippen molar-refractivity contribution in [1.29, 1.82) is 0 Å². The number of ether oxygens (including phenoxy) is 3. The Bertz CT molecular complexity index is 692. The minimum absolute atomic E-state index is 0.0147. The molecule has 0 amide bonds. The van der Waals surface area contributed by atoms with Gasteiger partial charge in [0.25, 0.3) is 0 Å². The number of aromatic nitrogens is 2. The minimum atomic E-state index is -1.07. The molecule has 1 N–H and O–H groups in total. The Balaban J connectivity index is 2.13. The molecule has 7 heteroatoms. The highest BCUT2D eigenvalue weighted by Crippen LogP contribution is 2.44. The molecule has 3 rings (SSSR count). The lowest BCUT2D eigenvalue weighted by Crippen LogP contribution is -1.99. The third kappa shape index (κ3) is 1.83. The van der Waals surface area contributed by atoms with E-state index in [1.165, 1.54) is 17.9 Å². The number of carbonyl (C=O) groups is 1. The van der Waals surface area contributed by atoms with Crippen molar-refractivity contribution in [2.24, 2.45) is 7.05 Å². The van der Waals surface area contributed by atoms with Crippen LogP contribution in [-0.2, 0) is 7.05 Å². The molecule has 0 unspecified atom stereocenters. The second-order valence-electron chi connectivity index (χ2n) is 4.26. The molecular formula is C13H12N2O5. The summed E-state index contributed by atoms with van der Waals surface area (Å²) in [5.74, 6) is 0.585. The first-order chi connectivity index (χ1) is 9.60. The average Bonchev–Trinajstić information content (AvgIpc) is 3.03. The summed E-state index contributed by atoms with van der Waals surface area (Å²) in [6.07, 6.45) is 0. The van der Waals surface area contributed by atoms with Crippen LogP contribution in [0.3, 0.4) is 0 Å². The summed E-state index contributed by atoms with van der Waals surface area (Å²) >= 11 is 0. The van der Waals surface area contributed by atoms with Gasteiger partial charge in [-0.15, -0.1) is 0 Å². The lowest BCUT2D eigenvalue weighted by atomic mass is 10.1. The molecular weight excluding hydrogens is 264 g/mol. The lowest BCUT2D eigenvalue weighted by molar-refractivity contribution is 0.0689. The van der Waals surface area contributed by atoms with Crippen molar-refractivity contribution < 1.29 is 24.1 Å². The molecule has 1 aromatic carbocycles. The molecule has 0 radical (unpaired) electrons. The maximum absolute atomic E-state index is 11.0. The molecule has 0 saturated carbocycles. The molecule has 1 aliphatic heterocycles. The summed E-state index contributed by atoms with van der Waals surface area (Å²) in [6.45, 7) is 0.140. The SMILES string of the molecule is COc1cc(-c2cc(C(=O)O)nn2C)cc2c1OCO2. The number of fused-ring (bicyclic) bond motifs is 1. The van der Waals surface area contributed by atoms with E-state index >= 15 is 0 Å². The molecule has 0 aliphatic carbocycles. The zero-order valence-corrected chi connectivity index (χ0v) is 10.9. The van der Waals surface area contributed by atoms with E-state index in [-0.39, 0.29) is 12.5 Å².